The summed E-state index contributed by atoms with van der Waals surface area (Å²) in [6, 6.07) is 6.84. The zero-order valence-corrected chi connectivity index (χ0v) is 11.5. The summed E-state index contributed by atoms with van der Waals surface area (Å²) in [4.78, 5) is 19.9. The van der Waals surface area contributed by atoms with E-state index in [4.69, 9.17) is 11.6 Å². The number of aromatic hydroxyl groups is 1. The first kappa shape index (κ1) is 12.3. The number of hydrogen-bond acceptors (Lipinski definition) is 4. The summed E-state index contributed by atoms with van der Waals surface area (Å²) in [7, 11) is 0. The Hall–Kier alpha value is -2.46. The minimum absolute atomic E-state index is 0.130. The molecule has 2 heterocycles. The molecule has 21 heavy (non-hydrogen) atoms. The van der Waals surface area contributed by atoms with Crippen molar-refractivity contribution >= 4 is 28.8 Å². The van der Waals surface area contributed by atoms with Crippen LogP contribution in [0.5, 0.6) is 5.75 Å². The van der Waals surface area contributed by atoms with E-state index in [0.717, 1.165) is 28.4 Å². The van der Waals surface area contributed by atoms with Gasteiger partial charge in [0.1, 0.15) is 17.2 Å². The minimum Gasteiger partial charge on any atom is -0.508 e. The largest absolute Gasteiger partial charge is 0.508 e. The normalized spacial score (nSPS) is 15.8. The number of carbonyl (C=O) groups excluding carboxylic acids is 1. The number of carbonyl (C=O) groups is 1. The molecule has 1 aliphatic carbocycles. The van der Waals surface area contributed by atoms with Gasteiger partial charge in [-0.05, 0) is 34.9 Å². The van der Waals surface area contributed by atoms with Gasteiger partial charge in [-0.1, -0.05) is 11.6 Å². The van der Waals surface area contributed by atoms with Crippen LogP contribution >= 0.6 is 11.6 Å². The fraction of sp³-hybridized carbons (Fsp3) is 0.0625. The number of halogens is 1. The molecular formula is C16H9ClN2O2. The monoisotopic (exact) mass is 296 g/mol. The Morgan fingerprint density at radius 3 is 2.95 bits per heavy atom. The van der Waals surface area contributed by atoms with Crippen LogP contribution in [0, 0.1) is 0 Å². The van der Waals surface area contributed by atoms with Crippen LogP contribution in [-0.2, 0) is 4.79 Å². The van der Waals surface area contributed by atoms with E-state index in [-0.39, 0.29) is 10.9 Å². The molecule has 0 spiro atoms. The Labute approximate surface area is 125 Å². The van der Waals surface area contributed by atoms with Crippen molar-refractivity contribution in [3.05, 3.63) is 52.9 Å². The third kappa shape index (κ3) is 1.59. The molecule has 4 nitrogen and oxygen atoms in total. The van der Waals surface area contributed by atoms with Gasteiger partial charge in [-0.15, -0.1) is 0 Å². The molecule has 3 aromatic rings. The molecule has 4 rings (SSSR count). The van der Waals surface area contributed by atoms with Crippen molar-refractivity contribution in [1.82, 2.24) is 9.97 Å². The van der Waals surface area contributed by atoms with E-state index >= 15 is 0 Å². The Morgan fingerprint density at radius 1 is 1.29 bits per heavy atom. The van der Waals surface area contributed by atoms with Crippen molar-refractivity contribution in [3.63, 3.8) is 0 Å². The molecule has 0 saturated heterocycles. The first-order chi connectivity index (χ1) is 10.2. The summed E-state index contributed by atoms with van der Waals surface area (Å²) >= 11 is 6.29. The molecule has 1 aromatic carbocycles. The lowest BCUT2D eigenvalue weighted by Crippen LogP contribution is -2.00. The first-order valence-electron chi connectivity index (χ1n) is 6.42. The van der Waals surface area contributed by atoms with Crippen molar-refractivity contribution in [1.29, 1.82) is 0 Å². The summed E-state index contributed by atoms with van der Waals surface area (Å²) in [5.74, 6) is -0.312. The maximum Gasteiger partial charge on any atom is 0.134 e. The highest BCUT2D eigenvalue weighted by molar-refractivity contribution is 6.32. The topological polar surface area (TPSA) is 63.1 Å². The third-order valence-electron chi connectivity index (χ3n) is 3.86. The lowest BCUT2D eigenvalue weighted by atomic mass is 9.99. The number of fused-ring (bicyclic) bond motifs is 5. The highest BCUT2D eigenvalue weighted by atomic mass is 35.5. The second kappa shape index (κ2) is 4.27. The zero-order chi connectivity index (χ0) is 14.6. The van der Waals surface area contributed by atoms with Crippen LogP contribution in [0.25, 0.3) is 22.0 Å². The number of phenolic OH excluding ortho intramolecular Hbond substituents is 1. The molecule has 0 aliphatic heterocycles. The fourth-order valence-corrected chi connectivity index (χ4v) is 3.29. The first-order valence-corrected chi connectivity index (χ1v) is 6.80. The van der Waals surface area contributed by atoms with E-state index in [1.807, 2.05) is 6.07 Å². The molecular weight excluding hydrogens is 288 g/mol. The van der Waals surface area contributed by atoms with Crippen LogP contribution in [0.4, 0.5) is 0 Å². The second-order valence-corrected chi connectivity index (χ2v) is 5.33. The molecule has 102 valence electrons. The molecule has 0 amide bonds. The molecule has 0 fully saturated rings. The van der Waals surface area contributed by atoms with E-state index in [1.165, 1.54) is 0 Å². The van der Waals surface area contributed by atoms with Crippen molar-refractivity contribution < 1.29 is 9.90 Å². The molecule has 5 heteroatoms. The molecule has 1 unspecified atom stereocenters. The third-order valence-corrected chi connectivity index (χ3v) is 4.15. The summed E-state index contributed by atoms with van der Waals surface area (Å²) in [6.45, 7) is 0. The quantitative estimate of drug-likeness (QED) is 0.553. The summed E-state index contributed by atoms with van der Waals surface area (Å²) in [6.07, 6.45) is 4.25. The molecule has 0 bridgehead atoms. The van der Waals surface area contributed by atoms with Gasteiger partial charge in [-0.25, -0.2) is 4.98 Å². The zero-order valence-electron chi connectivity index (χ0n) is 10.7. The molecule has 0 radical (unpaired) electrons. The number of aromatic nitrogens is 2. The standard InChI is InChI=1S/C16H9ClN2O2/c17-16-15-12(7-20)11-6-18-4-3-9(11)14(15)10-2-1-8(21)5-13(10)19-16/h1-7,12,21H. The average molecular weight is 297 g/mol. The van der Waals surface area contributed by atoms with Gasteiger partial charge in [0.25, 0.3) is 0 Å². The number of benzene rings is 1. The van der Waals surface area contributed by atoms with E-state index in [2.05, 4.69) is 9.97 Å². The van der Waals surface area contributed by atoms with E-state index < -0.39 is 5.92 Å². The average Bonchev–Trinajstić information content (AvgIpc) is 2.82. The van der Waals surface area contributed by atoms with Crippen molar-refractivity contribution in [2.24, 2.45) is 0 Å². The highest BCUT2D eigenvalue weighted by Gasteiger charge is 2.33. The highest BCUT2D eigenvalue weighted by Crippen LogP contribution is 2.49. The van der Waals surface area contributed by atoms with Crippen LogP contribution in [0.2, 0.25) is 5.15 Å². The van der Waals surface area contributed by atoms with Crippen molar-refractivity contribution in [2.75, 3.05) is 0 Å². The van der Waals surface area contributed by atoms with Gasteiger partial charge in [0.05, 0.1) is 11.4 Å². The van der Waals surface area contributed by atoms with E-state index in [1.54, 1.807) is 30.6 Å². The Balaban J connectivity index is 2.20. The number of phenols is 1. The fourth-order valence-electron chi connectivity index (χ4n) is 2.99. The summed E-state index contributed by atoms with van der Waals surface area (Å²) in [5, 5.41) is 10.8. The SMILES string of the molecule is O=CC1c2cnccc2-c2c1c(Cl)nc1cc(O)ccc21. The lowest BCUT2D eigenvalue weighted by molar-refractivity contribution is -0.108. The predicted octanol–water partition coefficient (Wildman–Crippen LogP) is 3.30. The van der Waals surface area contributed by atoms with E-state index in [9.17, 15) is 9.90 Å². The Morgan fingerprint density at radius 2 is 2.14 bits per heavy atom. The minimum atomic E-state index is -0.443. The smallest absolute Gasteiger partial charge is 0.134 e. The number of nitrogens with zero attached hydrogens (tertiary/aromatic N) is 2. The Bertz CT molecular complexity index is 908. The molecule has 1 aliphatic rings. The Kier molecular flexibility index (Phi) is 2.50. The maximum atomic E-state index is 11.5. The lowest BCUT2D eigenvalue weighted by Gasteiger charge is -2.09. The van der Waals surface area contributed by atoms with Gasteiger partial charge in [-0.3, -0.25) is 4.98 Å². The van der Waals surface area contributed by atoms with Gasteiger partial charge in [0, 0.05) is 29.4 Å². The van der Waals surface area contributed by atoms with Crippen LogP contribution in [0.1, 0.15) is 17.0 Å². The summed E-state index contributed by atoms with van der Waals surface area (Å²) in [5.41, 5.74) is 4.00. The van der Waals surface area contributed by atoms with Crippen LogP contribution in [0.3, 0.4) is 0 Å². The van der Waals surface area contributed by atoms with Crippen LogP contribution in [-0.4, -0.2) is 21.4 Å². The van der Waals surface area contributed by atoms with Gasteiger partial charge in [-0.2, -0.15) is 0 Å². The summed E-state index contributed by atoms with van der Waals surface area (Å²) < 4.78 is 0. The van der Waals surface area contributed by atoms with Gasteiger partial charge in [0.15, 0.2) is 0 Å². The second-order valence-electron chi connectivity index (χ2n) is 4.97. The number of hydrogen-bond donors (Lipinski definition) is 1. The van der Waals surface area contributed by atoms with Crippen molar-refractivity contribution in [3.8, 4) is 16.9 Å². The van der Waals surface area contributed by atoms with E-state index in [0.29, 0.717) is 11.1 Å². The molecule has 1 atom stereocenters. The van der Waals surface area contributed by atoms with Crippen molar-refractivity contribution in [2.45, 2.75) is 5.92 Å². The molecule has 1 N–H and O–H groups in total. The number of pyridine rings is 2. The number of aldehydes is 1. The molecule has 0 saturated carbocycles. The molecule has 2 aromatic heterocycles. The maximum absolute atomic E-state index is 11.5. The van der Waals surface area contributed by atoms with Crippen LogP contribution in [0.15, 0.2) is 36.7 Å². The van der Waals surface area contributed by atoms with Gasteiger partial charge in [0.2, 0.25) is 0 Å². The van der Waals surface area contributed by atoms with Gasteiger partial charge < -0.3 is 9.90 Å². The predicted molar refractivity (Wildman–Crippen MR) is 79.6 cm³/mol. The van der Waals surface area contributed by atoms with Crippen LogP contribution < -0.4 is 0 Å². The van der Waals surface area contributed by atoms with Gasteiger partial charge >= 0.3 is 0 Å². The number of rotatable bonds is 1.